The van der Waals surface area contributed by atoms with Gasteiger partial charge < -0.3 is 10.2 Å². The molecule has 3 nitrogen and oxygen atoms in total. The van der Waals surface area contributed by atoms with Gasteiger partial charge in [0.25, 0.3) is 0 Å². The standard InChI is InChI=1S/C13H17FO3S/c1-8-5-10(7-11(14)6-8)13(17)12(16)3-4-18-9(2)15/h5-7,12-13,16-17H,3-4H2,1-2H3. The van der Waals surface area contributed by atoms with Crippen LogP contribution in [-0.2, 0) is 4.79 Å². The van der Waals surface area contributed by atoms with E-state index in [0.717, 1.165) is 11.8 Å². The zero-order valence-corrected chi connectivity index (χ0v) is 11.2. The summed E-state index contributed by atoms with van der Waals surface area (Å²) < 4.78 is 13.2. The van der Waals surface area contributed by atoms with Gasteiger partial charge in [-0.05, 0) is 36.6 Å². The van der Waals surface area contributed by atoms with E-state index in [1.807, 2.05) is 0 Å². The number of hydrogen-bond acceptors (Lipinski definition) is 4. The summed E-state index contributed by atoms with van der Waals surface area (Å²) in [4.78, 5) is 10.7. The Morgan fingerprint density at radius 1 is 1.39 bits per heavy atom. The zero-order valence-electron chi connectivity index (χ0n) is 10.4. The van der Waals surface area contributed by atoms with Crippen molar-refractivity contribution < 1.29 is 19.4 Å². The first kappa shape index (κ1) is 15.1. The molecule has 0 saturated carbocycles. The second kappa shape index (κ2) is 6.87. The summed E-state index contributed by atoms with van der Waals surface area (Å²) in [5, 5.41) is 19.6. The Labute approximate surface area is 110 Å². The van der Waals surface area contributed by atoms with Gasteiger partial charge >= 0.3 is 0 Å². The lowest BCUT2D eigenvalue weighted by Crippen LogP contribution is -2.19. The summed E-state index contributed by atoms with van der Waals surface area (Å²) >= 11 is 1.09. The van der Waals surface area contributed by atoms with Crippen LogP contribution in [0.1, 0.15) is 30.6 Å². The van der Waals surface area contributed by atoms with E-state index in [9.17, 15) is 19.4 Å². The Kier molecular flexibility index (Phi) is 5.78. The van der Waals surface area contributed by atoms with Crippen molar-refractivity contribution >= 4 is 16.9 Å². The monoisotopic (exact) mass is 272 g/mol. The number of benzene rings is 1. The van der Waals surface area contributed by atoms with Gasteiger partial charge in [-0.1, -0.05) is 17.8 Å². The number of carbonyl (C=O) groups excluding carboxylic acids is 1. The van der Waals surface area contributed by atoms with E-state index in [-0.39, 0.29) is 11.5 Å². The first-order valence-electron chi connectivity index (χ1n) is 5.66. The lowest BCUT2D eigenvalue weighted by molar-refractivity contribution is -0.109. The molecular formula is C13H17FO3S. The van der Waals surface area contributed by atoms with Crippen LogP contribution in [0.4, 0.5) is 4.39 Å². The number of carbonyl (C=O) groups is 1. The van der Waals surface area contributed by atoms with Crippen molar-refractivity contribution in [2.75, 3.05) is 5.75 Å². The third-order valence-electron chi connectivity index (χ3n) is 2.49. The van der Waals surface area contributed by atoms with Crippen LogP contribution < -0.4 is 0 Å². The molecule has 5 heteroatoms. The average molecular weight is 272 g/mol. The van der Waals surface area contributed by atoms with Gasteiger partial charge in [0, 0.05) is 12.7 Å². The highest BCUT2D eigenvalue weighted by Gasteiger charge is 2.19. The Morgan fingerprint density at radius 2 is 2.06 bits per heavy atom. The summed E-state index contributed by atoms with van der Waals surface area (Å²) in [6.07, 6.45) is -1.86. The van der Waals surface area contributed by atoms with E-state index in [4.69, 9.17) is 0 Å². The van der Waals surface area contributed by atoms with Gasteiger partial charge in [0.2, 0.25) is 0 Å². The third kappa shape index (κ3) is 4.76. The van der Waals surface area contributed by atoms with Crippen LogP contribution in [0.25, 0.3) is 0 Å². The van der Waals surface area contributed by atoms with Crippen molar-refractivity contribution in [1.29, 1.82) is 0 Å². The molecule has 0 aliphatic carbocycles. The van der Waals surface area contributed by atoms with E-state index < -0.39 is 18.0 Å². The van der Waals surface area contributed by atoms with Crippen LogP contribution in [0.3, 0.4) is 0 Å². The summed E-state index contributed by atoms with van der Waals surface area (Å²) in [6, 6.07) is 4.20. The Balaban J connectivity index is 2.62. The highest BCUT2D eigenvalue weighted by molar-refractivity contribution is 8.13. The lowest BCUT2D eigenvalue weighted by atomic mass is 10.0. The quantitative estimate of drug-likeness (QED) is 0.862. The average Bonchev–Trinajstić information content (AvgIpc) is 2.26. The van der Waals surface area contributed by atoms with Crippen LogP contribution >= 0.6 is 11.8 Å². The number of aryl methyl sites for hydroxylation is 1. The van der Waals surface area contributed by atoms with Crippen molar-refractivity contribution in [3.8, 4) is 0 Å². The number of aliphatic hydroxyl groups is 2. The molecule has 0 bridgehead atoms. The molecule has 0 spiro atoms. The van der Waals surface area contributed by atoms with Crippen molar-refractivity contribution in [2.45, 2.75) is 32.5 Å². The van der Waals surface area contributed by atoms with Gasteiger partial charge in [0.05, 0.1) is 6.10 Å². The Bertz CT molecular complexity index is 402. The summed E-state index contributed by atoms with van der Waals surface area (Å²) in [5.41, 5.74) is 1.04. The molecule has 1 aromatic carbocycles. The van der Waals surface area contributed by atoms with E-state index in [1.165, 1.54) is 19.1 Å². The third-order valence-corrected chi connectivity index (χ3v) is 3.34. The molecule has 0 saturated heterocycles. The molecule has 0 aliphatic rings. The minimum absolute atomic E-state index is 0.0294. The smallest absolute Gasteiger partial charge is 0.185 e. The Morgan fingerprint density at radius 3 is 2.61 bits per heavy atom. The van der Waals surface area contributed by atoms with Crippen LogP contribution in [0.2, 0.25) is 0 Å². The molecule has 2 N–H and O–H groups in total. The highest BCUT2D eigenvalue weighted by Crippen LogP contribution is 2.22. The number of hydrogen-bond donors (Lipinski definition) is 2. The molecular weight excluding hydrogens is 255 g/mol. The zero-order chi connectivity index (χ0) is 13.7. The van der Waals surface area contributed by atoms with Gasteiger partial charge in [-0.2, -0.15) is 0 Å². The van der Waals surface area contributed by atoms with E-state index in [2.05, 4.69) is 0 Å². The highest BCUT2D eigenvalue weighted by atomic mass is 32.2. The molecule has 2 unspecified atom stereocenters. The lowest BCUT2D eigenvalue weighted by Gasteiger charge is -2.18. The number of thioether (sulfide) groups is 1. The van der Waals surface area contributed by atoms with Crippen molar-refractivity contribution in [3.63, 3.8) is 0 Å². The molecule has 18 heavy (non-hydrogen) atoms. The molecule has 0 aliphatic heterocycles. The molecule has 100 valence electrons. The van der Waals surface area contributed by atoms with Crippen LogP contribution in [0.15, 0.2) is 18.2 Å². The van der Waals surface area contributed by atoms with Gasteiger partial charge in [-0.3, -0.25) is 4.79 Å². The van der Waals surface area contributed by atoms with Crippen molar-refractivity contribution in [3.05, 3.63) is 35.1 Å². The molecule has 0 amide bonds. The maximum absolute atomic E-state index is 13.2. The molecule has 1 rings (SSSR count). The maximum atomic E-state index is 13.2. The van der Waals surface area contributed by atoms with Crippen LogP contribution in [-0.4, -0.2) is 27.2 Å². The van der Waals surface area contributed by atoms with E-state index in [1.54, 1.807) is 13.0 Å². The molecule has 0 radical (unpaired) electrons. The molecule has 0 aromatic heterocycles. The van der Waals surface area contributed by atoms with Crippen LogP contribution in [0.5, 0.6) is 0 Å². The minimum Gasteiger partial charge on any atom is -0.390 e. The predicted octanol–water partition coefficient (Wildman–Crippen LogP) is 2.20. The maximum Gasteiger partial charge on any atom is 0.185 e. The van der Waals surface area contributed by atoms with Crippen molar-refractivity contribution in [1.82, 2.24) is 0 Å². The molecule has 2 atom stereocenters. The van der Waals surface area contributed by atoms with Gasteiger partial charge in [-0.15, -0.1) is 0 Å². The summed E-state index contributed by atoms with van der Waals surface area (Å²) in [6.45, 7) is 3.17. The SMILES string of the molecule is CC(=O)SCCC(O)C(O)c1cc(C)cc(F)c1. The topological polar surface area (TPSA) is 57.5 Å². The molecule has 0 heterocycles. The van der Waals surface area contributed by atoms with Gasteiger partial charge in [-0.25, -0.2) is 4.39 Å². The number of aliphatic hydroxyl groups excluding tert-OH is 2. The first-order valence-corrected chi connectivity index (χ1v) is 6.65. The second-order valence-corrected chi connectivity index (χ2v) is 5.47. The minimum atomic E-state index is -1.13. The van der Waals surface area contributed by atoms with Crippen molar-refractivity contribution in [2.24, 2.45) is 0 Å². The van der Waals surface area contributed by atoms with Crippen LogP contribution in [0, 0.1) is 12.7 Å². The fourth-order valence-corrected chi connectivity index (χ4v) is 2.29. The second-order valence-electron chi connectivity index (χ2n) is 4.20. The summed E-state index contributed by atoms with van der Waals surface area (Å²) in [7, 11) is 0. The molecule has 0 fully saturated rings. The van der Waals surface area contributed by atoms with E-state index >= 15 is 0 Å². The van der Waals surface area contributed by atoms with E-state index in [0.29, 0.717) is 16.9 Å². The summed E-state index contributed by atoms with van der Waals surface area (Å²) in [5.74, 6) is -0.00338. The molecule has 1 aromatic rings. The first-order chi connectivity index (χ1) is 8.40. The van der Waals surface area contributed by atoms with Gasteiger partial charge in [0.15, 0.2) is 5.12 Å². The fourth-order valence-electron chi connectivity index (χ4n) is 1.64. The normalized spacial score (nSPS) is 14.3. The number of rotatable bonds is 5. The Hall–Kier alpha value is -0.910. The fraction of sp³-hybridized carbons (Fsp3) is 0.462. The predicted molar refractivity (Wildman–Crippen MR) is 69.9 cm³/mol. The van der Waals surface area contributed by atoms with Gasteiger partial charge in [0.1, 0.15) is 11.9 Å². The largest absolute Gasteiger partial charge is 0.390 e. The number of halogens is 1.